The van der Waals surface area contributed by atoms with Gasteiger partial charge in [0.25, 0.3) is 0 Å². The fourth-order valence-electron chi connectivity index (χ4n) is 2.58. The summed E-state index contributed by atoms with van der Waals surface area (Å²) in [5.74, 6) is 1.01. The Labute approximate surface area is 112 Å². The molecule has 0 saturated heterocycles. The minimum atomic E-state index is 0.136. The topological polar surface area (TPSA) is 41.5 Å². The third kappa shape index (κ3) is 2.36. The van der Waals surface area contributed by atoms with E-state index in [9.17, 15) is 5.11 Å². The summed E-state index contributed by atoms with van der Waals surface area (Å²) in [6.45, 7) is 4.77. The number of fused-ring (bicyclic) bond motifs is 1. The first-order valence-electron chi connectivity index (χ1n) is 6.42. The molecule has 3 rings (SSSR count). The van der Waals surface area contributed by atoms with Crippen molar-refractivity contribution in [2.45, 2.75) is 19.9 Å². The summed E-state index contributed by atoms with van der Waals surface area (Å²) in [4.78, 5) is 0. The number of hydrogen-bond acceptors (Lipinski definition) is 3. The summed E-state index contributed by atoms with van der Waals surface area (Å²) in [5, 5.41) is 12.9. The van der Waals surface area contributed by atoms with Crippen molar-refractivity contribution in [3.63, 3.8) is 0 Å². The largest absolute Gasteiger partial charge is 0.508 e. The lowest BCUT2D eigenvalue weighted by atomic mass is 10.1. The van der Waals surface area contributed by atoms with Crippen LogP contribution in [0, 0.1) is 13.8 Å². The van der Waals surface area contributed by atoms with Crippen molar-refractivity contribution in [3.05, 3.63) is 53.1 Å². The molecule has 0 saturated carbocycles. The third-order valence-corrected chi connectivity index (χ3v) is 3.34. The molecule has 2 aromatic carbocycles. The van der Waals surface area contributed by atoms with Crippen LogP contribution in [-0.4, -0.2) is 11.7 Å². The van der Waals surface area contributed by atoms with Crippen molar-refractivity contribution in [2.24, 2.45) is 0 Å². The van der Waals surface area contributed by atoms with Crippen LogP contribution in [0.1, 0.15) is 22.7 Å². The van der Waals surface area contributed by atoms with Gasteiger partial charge in [-0.1, -0.05) is 6.07 Å². The molecule has 1 aliphatic rings. The van der Waals surface area contributed by atoms with Gasteiger partial charge in [-0.05, 0) is 49.2 Å². The molecule has 0 spiro atoms. The number of ether oxygens (including phenoxy) is 1. The molecule has 0 aliphatic carbocycles. The van der Waals surface area contributed by atoms with E-state index in [1.54, 1.807) is 12.1 Å². The SMILES string of the molecule is Cc1cc(C)cc(NC2COc3cc(O)ccc32)c1. The zero-order valence-corrected chi connectivity index (χ0v) is 11.1. The second-order valence-corrected chi connectivity index (χ2v) is 5.11. The van der Waals surface area contributed by atoms with Gasteiger partial charge in [0.1, 0.15) is 18.1 Å². The molecule has 0 radical (unpaired) electrons. The van der Waals surface area contributed by atoms with E-state index in [1.165, 1.54) is 11.1 Å². The van der Waals surface area contributed by atoms with Crippen molar-refractivity contribution < 1.29 is 9.84 Å². The van der Waals surface area contributed by atoms with E-state index < -0.39 is 0 Å². The van der Waals surface area contributed by atoms with Crippen LogP contribution >= 0.6 is 0 Å². The lowest BCUT2D eigenvalue weighted by Gasteiger charge is -2.14. The normalized spacial score (nSPS) is 16.8. The first-order valence-corrected chi connectivity index (χ1v) is 6.42. The van der Waals surface area contributed by atoms with Gasteiger partial charge in [0.05, 0.1) is 6.04 Å². The Morgan fingerprint density at radius 3 is 2.58 bits per heavy atom. The maximum Gasteiger partial charge on any atom is 0.128 e. The van der Waals surface area contributed by atoms with Gasteiger partial charge in [0, 0.05) is 17.3 Å². The van der Waals surface area contributed by atoms with E-state index in [4.69, 9.17) is 4.74 Å². The molecule has 2 N–H and O–H groups in total. The van der Waals surface area contributed by atoms with E-state index >= 15 is 0 Å². The lowest BCUT2D eigenvalue weighted by molar-refractivity contribution is 0.338. The zero-order chi connectivity index (χ0) is 13.4. The summed E-state index contributed by atoms with van der Waals surface area (Å²) in [6.07, 6.45) is 0. The summed E-state index contributed by atoms with van der Waals surface area (Å²) in [7, 11) is 0. The van der Waals surface area contributed by atoms with Crippen LogP contribution in [0.2, 0.25) is 0 Å². The van der Waals surface area contributed by atoms with Crippen LogP contribution in [0.4, 0.5) is 5.69 Å². The minimum absolute atomic E-state index is 0.136. The highest BCUT2D eigenvalue weighted by molar-refractivity contribution is 5.53. The monoisotopic (exact) mass is 255 g/mol. The number of aryl methyl sites for hydroxylation is 2. The Morgan fingerprint density at radius 1 is 1.11 bits per heavy atom. The average molecular weight is 255 g/mol. The molecule has 0 fully saturated rings. The van der Waals surface area contributed by atoms with E-state index in [0.29, 0.717) is 6.61 Å². The molecule has 3 nitrogen and oxygen atoms in total. The number of phenols is 1. The molecule has 1 aliphatic heterocycles. The maximum atomic E-state index is 9.44. The average Bonchev–Trinajstić information content (AvgIpc) is 2.70. The Morgan fingerprint density at radius 2 is 1.84 bits per heavy atom. The molecule has 1 heterocycles. The van der Waals surface area contributed by atoms with Crippen LogP contribution in [0.25, 0.3) is 0 Å². The van der Waals surface area contributed by atoms with Crippen molar-refractivity contribution in [1.82, 2.24) is 0 Å². The van der Waals surface area contributed by atoms with E-state index in [1.807, 2.05) is 6.07 Å². The third-order valence-electron chi connectivity index (χ3n) is 3.34. The summed E-state index contributed by atoms with van der Waals surface area (Å²) in [5.41, 5.74) is 4.68. The molecule has 98 valence electrons. The van der Waals surface area contributed by atoms with E-state index in [2.05, 4.69) is 37.4 Å². The van der Waals surface area contributed by atoms with Crippen LogP contribution in [0.15, 0.2) is 36.4 Å². The van der Waals surface area contributed by atoms with Gasteiger partial charge in [0.15, 0.2) is 0 Å². The molecule has 1 unspecified atom stereocenters. The lowest BCUT2D eigenvalue weighted by Crippen LogP contribution is -2.12. The van der Waals surface area contributed by atoms with Crippen LogP contribution in [-0.2, 0) is 0 Å². The summed E-state index contributed by atoms with van der Waals surface area (Å²) < 4.78 is 5.60. The van der Waals surface area contributed by atoms with Crippen LogP contribution in [0.3, 0.4) is 0 Å². The Kier molecular flexibility index (Phi) is 2.82. The zero-order valence-electron chi connectivity index (χ0n) is 11.1. The Bertz CT molecular complexity index is 602. The molecule has 2 aromatic rings. The second-order valence-electron chi connectivity index (χ2n) is 5.11. The number of anilines is 1. The summed E-state index contributed by atoms with van der Waals surface area (Å²) in [6, 6.07) is 11.8. The molecular formula is C16H17NO2. The number of hydrogen-bond donors (Lipinski definition) is 2. The van der Waals surface area contributed by atoms with Crippen molar-refractivity contribution in [1.29, 1.82) is 0 Å². The fraction of sp³-hybridized carbons (Fsp3) is 0.250. The molecule has 0 amide bonds. The highest BCUT2D eigenvalue weighted by Gasteiger charge is 2.24. The predicted octanol–water partition coefficient (Wildman–Crippen LogP) is 3.55. The first kappa shape index (κ1) is 11.9. The van der Waals surface area contributed by atoms with E-state index in [-0.39, 0.29) is 11.8 Å². The number of phenolic OH excluding ortho intramolecular Hbond substituents is 1. The predicted molar refractivity (Wildman–Crippen MR) is 75.9 cm³/mol. The number of aromatic hydroxyl groups is 1. The molecule has 19 heavy (non-hydrogen) atoms. The smallest absolute Gasteiger partial charge is 0.128 e. The molecular weight excluding hydrogens is 238 g/mol. The van der Waals surface area contributed by atoms with Gasteiger partial charge in [0.2, 0.25) is 0 Å². The number of nitrogens with one attached hydrogen (secondary N) is 1. The van der Waals surface area contributed by atoms with Crippen molar-refractivity contribution in [3.8, 4) is 11.5 Å². The highest BCUT2D eigenvalue weighted by atomic mass is 16.5. The maximum absolute atomic E-state index is 9.44. The van der Waals surface area contributed by atoms with Gasteiger partial charge in [-0.3, -0.25) is 0 Å². The van der Waals surface area contributed by atoms with Gasteiger partial charge in [-0.2, -0.15) is 0 Å². The molecule has 0 aromatic heterocycles. The number of rotatable bonds is 2. The fourth-order valence-corrected chi connectivity index (χ4v) is 2.58. The molecule has 3 heteroatoms. The van der Waals surface area contributed by atoms with Crippen molar-refractivity contribution in [2.75, 3.05) is 11.9 Å². The molecule has 1 atom stereocenters. The standard InChI is InChI=1S/C16H17NO2/c1-10-5-11(2)7-12(6-10)17-15-9-19-16-8-13(18)3-4-14(15)16/h3-8,15,17-18H,9H2,1-2H3. The Balaban J connectivity index is 1.86. The van der Waals surface area contributed by atoms with E-state index in [0.717, 1.165) is 17.0 Å². The van der Waals surface area contributed by atoms with Gasteiger partial charge < -0.3 is 15.2 Å². The second kappa shape index (κ2) is 4.50. The summed E-state index contributed by atoms with van der Waals surface area (Å²) >= 11 is 0. The Hall–Kier alpha value is -2.16. The minimum Gasteiger partial charge on any atom is -0.508 e. The quantitative estimate of drug-likeness (QED) is 0.862. The van der Waals surface area contributed by atoms with Gasteiger partial charge in [-0.15, -0.1) is 0 Å². The van der Waals surface area contributed by atoms with Gasteiger partial charge >= 0.3 is 0 Å². The molecule has 0 bridgehead atoms. The van der Waals surface area contributed by atoms with Crippen LogP contribution < -0.4 is 10.1 Å². The first-order chi connectivity index (χ1) is 9.11. The van der Waals surface area contributed by atoms with Crippen molar-refractivity contribution >= 4 is 5.69 Å². The van der Waals surface area contributed by atoms with Gasteiger partial charge in [-0.25, -0.2) is 0 Å². The number of benzene rings is 2. The highest BCUT2D eigenvalue weighted by Crippen LogP contribution is 2.36. The van der Waals surface area contributed by atoms with Crippen LogP contribution in [0.5, 0.6) is 11.5 Å².